The van der Waals surface area contributed by atoms with Crippen molar-refractivity contribution in [2.75, 3.05) is 19.0 Å². The largest absolute Gasteiger partial charge is 1.00 e. The smallest absolute Gasteiger partial charge is 0.303 e. The number of aliphatic carboxylic acids is 2. The van der Waals surface area contributed by atoms with Crippen molar-refractivity contribution in [2.45, 2.75) is 88.9 Å². The first kappa shape index (κ1) is 47.3. The molecule has 0 spiro atoms. The first-order valence-electron chi connectivity index (χ1n) is 16.9. The van der Waals surface area contributed by atoms with Gasteiger partial charge in [-0.05, 0) is 187 Å². The van der Waals surface area contributed by atoms with E-state index >= 15 is 0 Å². The van der Waals surface area contributed by atoms with Gasteiger partial charge in [-0.1, -0.05) is 56.1 Å². The van der Waals surface area contributed by atoms with E-state index in [-0.39, 0.29) is 47.6 Å². The highest BCUT2D eigenvalue weighted by molar-refractivity contribution is 14.1. The lowest BCUT2D eigenvalue weighted by molar-refractivity contribution is -0.401. The first-order chi connectivity index (χ1) is 24.1. The Morgan fingerprint density at radius 1 is 0.712 bits per heavy atom. The maximum atomic E-state index is 11.1. The van der Waals surface area contributed by atoms with Crippen LogP contribution in [-0.2, 0) is 20.4 Å². The average Bonchev–Trinajstić information content (AvgIpc) is 3.39. The van der Waals surface area contributed by atoms with Crippen molar-refractivity contribution < 1.29 is 48.4 Å². The van der Waals surface area contributed by atoms with Crippen LogP contribution in [0.25, 0.3) is 0 Å². The van der Waals surface area contributed by atoms with Crippen molar-refractivity contribution in [3.8, 4) is 0 Å². The molecule has 6 nitrogen and oxygen atoms in total. The number of fused-ring (bicyclic) bond motifs is 2. The van der Waals surface area contributed by atoms with Crippen molar-refractivity contribution in [1.29, 1.82) is 0 Å². The lowest BCUT2D eigenvalue weighted by Crippen LogP contribution is -3.00. The fourth-order valence-corrected chi connectivity index (χ4v) is 12.8. The van der Waals surface area contributed by atoms with E-state index in [2.05, 4.69) is 228 Å². The summed E-state index contributed by atoms with van der Waals surface area (Å²) >= 11 is 14.8. The third-order valence-electron chi connectivity index (χ3n) is 10.1. The summed E-state index contributed by atoms with van der Waals surface area (Å²) in [5, 5.41) is 18.2. The number of unbranched alkanes of at least 4 members (excludes halogenated alkanes) is 4. The zero-order chi connectivity index (χ0) is 37.7. The molecule has 2 aliphatic rings. The number of hydrogen-bond acceptors (Lipinski definition) is 3. The molecule has 0 saturated carbocycles. The summed E-state index contributed by atoms with van der Waals surface area (Å²) in [5.74, 6) is -1.45. The second-order valence-electron chi connectivity index (χ2n) is 13.5. The number of halogens is 7. The number of allylic oxidation sites excluding steroid dienone is 8. The van der Waals surface area contributed by atoms with Gasteiger partial charge in [-0.25, -0.2) is 0 Å². The van der Waals surface area contributed by atoms with E-state index in [1.54, 1.807) is 0 Å². The van der Waals surface area contributed by atoms with Crippen LogP contribution >= 0.6 is 136 Å². The molecule has 0 radical (unpaired) electrons. The van der Waals surface area contributed by atoms with Crippen LogP contribution < -0.4 is 28.9 Å². The monoisotopic (exact) mass is 1490 g/mol. The van der Waals surface area contributed by atoms with Gasteiger partial charge in [0.1, 0.15) is 7.05 Å². The second kappa shape index (κ2) is 21.1. The van der Waals surface area contributed by atoms with Crippen LogP contribution in [0.15, 0.2) is 60.4 Å². The van der Waals surface area contributed by atoms with Crippen molar-refractivity contribution >= 4 is 165 Å². The molecule has 4 rings (SSSR count). The summed E-state index contributed by atoms with van der Waals surface area (Å²) in [5.41, 5.74) is 7.40. The number of carboxylic acid groups (broad SMARTS) is 2. The van der Waals surface area contributed by atoms with Crippen LogP contribution in [-0.4, -0.2) is 46.5 Å². The number of nitrogens with zero attached hydrogens (tertiary/aromatic N) is 2. The molecule has 2 atom stereocenters. The average molecular weight is 1490 g/mol. The van der Waals surface area contributed by atoms with Gasteiger partial charge in [0.25, 0.3) is 0 Å². The quantitative estimate of drug-likeness (QED) is 0.0577. The van der Waals surface area contributed by atoms with E-state index in [0.717, 1.165) is 38.5 Å². The van der Waals surface area contributed by atoms with E-state index in [0.29, 0.717) is 12.8 Å². The molecule has 282 valence electrons. The maximum Gasteiger partial charge on any atom is 0.303 e. The van der Waals surface area contributed by atoms with Crippen molar-refractivity contribution in [2.24, 2.45) is 0 Å². The van der Waals surface area contributed by atoms with Gasteiger partial charge < -0.3 is 39.1 Å². The molecule has 0 amide bonds. The van der Waals surface area contributed by atoms with Crippen LogP contribution in [0.2, 0.25) is 0 Å². The van der Waals surface area contributed by atoms with Gasteiger partial charge >= 0.3 is 11.9 Å². The Balaban J connectivity index is 0.00000729. The minimum Gasteiger partial charge on any atom is -1.00 e. The molecule has 0 aromatic heterocycles. The van der Waals surface area contributed by atoms with Gasteiger partial charge in [0.05, 0.1) is 11.0 Å². The summed E-state index contributed by atoms with van der Waals surface area (Å²) in [6.45, 7) is 4.69. The van der Waals surface area contributed by atoms with Crippen LogP contribution in [0.3, 0.4) is 0 Å². The number of benzene rings is 2. The lowest BCUT2D eigenvalue weighted by Gasteiger charge is -2.29. The van der Waals surface area contributed by atoms with E-state index in [1.807, 2.05) is 0 Å². The van der Waals surface area contributed by atoms with Crippen LogP contribution in [0.1, 0.15) is 89.2 Å². The molecule has 2 N–H and O–H groups in total. The normalized spacial score (nSPS) is 20.5. The molecule has 0 aliphatic carbocycles. The van der Waals surface area contributed by atoms with Crippen LogP contribution in [0.4, 0.5) is 11.4 Å². The van der Waals surface area contributed by atoms with Gasteiger partial charge in [-0.15, -0.1) is 0 Å². The third-order valence-corrected chi connectivity index (χ3v) is 20.3. The number of anilines is 1. The Morgan fingerprint density at radius 3 is 1.79 bits per heavy atom. The molecule has 0 saturated heterocycles. The van der Waals surface area contributed by atoms with Crippen molar-refractivity contribution in [3.05, 3.63) is 92.9 Å². The van der Waals surface area contributed by atoms with Crippen molar-refractivity contribution in [1.82, 2.24) is 0 Å². The SMILES string of the molecule is CN1\C(=C/C=C/C=C/C=C/C2=[N+](C)c3cc(I)c(I)c(I)c3C2(C)CCCCCC(=O)O)C(C)(CCCCCC(=O)O)c2c1cc(I)c(I)c2I.[I-]. The van der Waals surface area contributed by atoms with Gasteiger partial charge in [0.2, 0.25) is 5.69 Å². The molecule has 2 unspecified atom stereocenters. The predicted molar refractivity (Wildman–Crippen MR) is 260 cm³/mol. The van der Waals surface area contributed by atoms with Gasteiger partial charge in [0, 0.05) is 75.8 Å². The second-order valence-corrected chi connectivity index (χ2v) is 20.2. The molecule has 13 heteroatoms. The van der Waals surface area contributed by atoms with Gasteiger partial charge in [0.15, 0.2) is 5.71 Å². The summed E-state index contributed by atoms with van der Waals surface area (Å²) in [6, 6.07) is 4.58. The number of rotatable bonds is 16. The molecule has 52 heavy (non-hydrogen) atoms. The first-order valence-corrected chi connectivity index (χ1v) is 23.4. The van der Waals surface area contributed by atoms with E-state index in [4.69, 9.17) is 10.2 Å². The molecule has 0 fully saturated rings. The predicted octanol–water partition coefficient (Wildman–Crippen LogP) is 9.33. The van der Waals surface area contributed by atoms with Crippen LogP contribution in [0, 0.1) is 21.4 Å². The summed E-state index contributed by atoms with van der Waals surface area (Å²) < 4.78 is 10.0. The Kier molecular flexibility index (Phi) is 19.2. The minimum atomic E-state index is -0.725. The van der Waals surface area contributed by atoms with Crippen molar-refractivity contribution in [3.63, 3.8) is 0 Å². The van der Waals surface area contributed by atoms with E-state index in [9.17, 15) is 9.59 Å². The lowest BCUT2D eigenvalue weighted by atomic mass is 9.75. The number of hydrogen-bond donors (Lipinski definition) is 2. The summed E-state index contributed by atoms with van der Waals surface area (Å²) in [7, 11) is 4.32. The summed E-state index contributed by atoms with van der Waals surface area (Å²) in [6.07, 6.45) is 22.5. The standard InChI is InChI=1S/C39H42I6N2O4.HI/c1-38(20-14-8-12-18-30(48)49)28(46(3)26-22-24(40)34(42)36(44)32(26)38)16-10-6-5-7-11-17-29-39(2,21-15-9-13-19-31(50)51)33-27(47(29)4)23-25(41)35(43)37(33)45;/h5-7,10-11,16-17,22-23H,8-9,12-15,18-21H2,1-4H3,(H-,48,49,50,51);1H. The van der Waals surface area contributed by atoms with Gasteiger partial charge in [-0.2, -0.15) is 4.58 Å². The Bertz CT molecular complexity index is 1850. The minimum absolute atomic E-state index is 0. The number of likely N-dealkylation sites (N-methyl/N-ethyl adjacent to an activating group) is 1. The molecular weight excluding hydrogens is 1450 g/mol. The van der Waals surface area contributed by atoms with Gasteiger partial charge in [-0.3, -0.25) is 9.59 Å². The molecular formula is C39H43I7N2O4. The number of carbonyl (C=O) groups is 2. The Labute approximate surface area is 407 Å². The molecule has 2 aromatic rings. The van der Waals surface area contributed by atoms with E-state index < -0.39 is 11.9 Å². The summed E-state index contributed by atoms with van der Waals surface area (Å²) in [4.78, 5) is 24.5. The van der Waals surface area contributed by atoms with Crippen LogP contribution in [0.5, 0.6) is 0 Å². The fourth-order valence-electron chi connectivity index (χ4n) is 7.45. The highest BCUT2D eigenvalue weighted by Gasteiger charge is 2.48. The molecule has 0 bridgehead atoms. The fraction of sp³-hybridized carbons (Fsp3) is 0.410. The third kappa shape index (κ3) is 10.7. The zero-order valence-corrected chi connectivity index (χ0v) is 44.6. The Hall–Kier alpha value is 0.920. The highest BCUT2D eigenvalue weighted by Crippen LogP contribution is 2.53. The zero-order valence-electron chi connectivity index (χ0n) is 29.5. The highest BCUT2D eigenvalue weighted by atomic mass is 127. The molecule has 2 aliphatic heterocycles. The van der Waals surface area contributed by atoms with E-state index in [1.165, 1.54) is 55.3 Å². The molecule has 2 heterocycles. The number of carboxylic acids is 2. The molecule has 2 aromatic carbocycles. The Morgan fingerprint density at radius 2 is 1.21 bits per heavy atom. The maximum absolute atomic E-state index is 11.1. The topological polar surface area (TPSA) is 80.8 Å².